The lowest BCUT2D eigenvalue weighted by Crippen LogP contribution is -2.51. The lowest BCUT2D eigenvalue weighted by molar-refractivity contribution is -0.141. The van der Waals surface area contributed by atoms with Crippen LogP contribution in [-0.2, 0) is 9.53 Å². The van der Waals surface area contributed by atoms with Gasteiger partial charge in [0, 0.05) is 19.1 Å². The number of urea groups is 1. The van der Waals surface area contributed by atoms with E-state index in [1.165, 1.54) is 0 Å². The Labute approximate surface area is 119 Å². The largest absolute Gasteiger partial charge is 0.481 e. The first-order chi connectivity index (χ1) is 9.16. The molecular formula is C14H24N2O4. The van der Waals surface area contributed by atoms with E-state index in [1.54, 1.807) is 4.90 Å². The van der Waals surface area contributed by atoms with Crippen LogP contribution >= 0.6 is 0 Å². The van der Waals surface area contributed by atoms with E-state index in [9.17, 15) is 9.59 Å². The van der Waals surface area contributed by atoms with Crippen molar-refractivity contribution < 1.29 is 19.4 Å². The molecule has 0 radical (unpaired) electrons. The number of hydrogen-bond acceptors (Lipinski definition) is 3. The minimum Gasteiger partial charge on any atom is -0.481 e. The van der Waals surface area contributed by atoms with E-state index in [2.05, 4.69) is 33.0 Å². The van der Waals surface area contributed by atoms with Crippen molar-refractivity contribution in [1.29, 1.82) is 0 Å². The Balaban J connectivity index is 1.89. The number of amides is 2. The van der Waals surface area contributed by atoms with Crippen LogP contribution in [0, 0.1) is 10.8 Å². The Bertz CT molecular complexity index is 405. The van der Waals surface area contributed by atoms with E-state index in [0.29, 0.717) is 19.7 Å². The molecule has 1 heterocycles. The molecule has 1 unspecified atom stereocenters. The Morgan fingerprint density at radius 1 is 1.30 bits per heavy atom. The molecular weight excluding hydrogens is 260 g/mol. The molecule has 2 aliphatic rings. The van der Waals surface area contributed by atoms with Gasteiger partial charge in [-0.2, -0.15) is 0 Å². The van der Waals surface area contributed by atoms with Crippen molar-refractivity contribution in [3.05, 3.63) is 0 Å². The van der Waals surface area contributed by atoms with Crippen LogP contribution in [0.25, 0.3) is 0 Å². The fourth-order valence-corrected chi connectivity index (χ4v) is 2.99. The third-order valence-electron chi connectivity index (χ3n) is 5.12. The fourth-order valence-electron chi connectivity index (χ4n) is 2.99. The summed E-state index contributed by atoms with van der Waals surface area (Å²) in [6, 6.07) is 0.0376. The number of aliphatic carboxylic acids is 1. The number of hydrogen-bond donors (Lipinski definition) is 2. The second kappa shape index (κ2) is 4.91. The number of nitrogens with zero attached hydrogens (tertiary/aromatic N) is 1. The molecule has 2 fully saturated rings. The Kier molecular flexibility index (Phi) is 3.71. The Hall–Kier alpha value is -1.30. The summed E-state index contributed by atoms with van der Waals surface area (Å²) in [5.41, 5.74) is 0.185. The summed E-state index contributed by atoms with van der Waals surface area (Å²) in [5.74, 6) is -0.901. The van der Waals surface area contributed by atoms with Crippen LogP contribution in [0.2, 0.25) is 0 Å². The van der Waals surface area contributed by atoms with Gasteiger partial charge in [-0.25, -0.2) is 4.79 Å². The van der Waals surface area contributed by atoms with Gasteiger partial charge in [0.25, 0.3) is 0 Å². The average Bonchev–Trinajstić information content (AvgIpc) is 2.71. The molecule has 0 aromatic heterocycles. The Morgan fingerprint density at radius 3 is 2.40 bits per heavy atom. The van der Waals surface area contributed by atoms with Gasteiger partial charge in [-0.05, 0) is 10.8 Å². The van der Waals surface area contributed by atoms with Crippen LogP contribution in [0.15, 0.2) is 0 Å². The third-order valence-corrected chi connectivity index (χ3v) is 5.12. The number of carboxylic acids is 1. The van der Waals surface area contributed by atoms with Crippen molar-refractivity contribution in [3.8, 4) is 0 Å². The highest BCUT2D eigenvalue weighted by atomic mass is 16.5. The summed E-state index contributed by atoms with van der Waals surface area (Å²) in [5, 5.41) is 11.8. The van der Waals surface area contributed by atoms with Crippen LogP contribution in [0.3, 0.4) is 0 Å². The van der Waals surface area contributed by atoms with Gasteiger partial charge in [0.15, 0.2) is 0 Å². The lowest BCUT2D eigenvalue weighted by Gasteiger charge is -2.32. The zero-order valence-electron chi connectivity index (χ0n) is 12.6. The molecule has 2 amide bonds. The predicted molar refractivity (Wildman–Crippen MR) is 73.4 cm³/mol. The maximum absolute atomic E-state index is 12.3. The van der Waals surface area contributed by atoms with Crippen LogP contribution in [-0.4, -0.2) is 53.8 Å². The third kappa shape index (κ3) is 2.61. The van der Waals surface area contributed by atoms with Crippen LogP contribution in [0.4, 0.5) is 4.79 Å². The molecule has 1 aliphatic heterocycles. The zero-order chi connectivity index (χ0) is 15.1. The molecule has 0 aromatic rings. The quantitative estimate of drug-likeness (QED) is 0.819. The topological polar surface area (TPSA) is 78.9 Å². The van der Waals surface area contributed by atoms with Gasteiger partial charge in [-0.15, -0.1) is 0 Å². The van der Waals surface area contributed by atoms with E-state index in [1.807, 2.05) is 0 Å². The monoisotopic (exact) mass is 284 g/mol. The van der Waals surface area contributed by atoms with Crippen molar-refractivity contribution in [2.24, 2.45) is 10.8 Å². The second-order valence-corrected chi connectivity index (χ2v) is 6.86. The maximum atomic E-state index is 12.3. The first-order valence-electron chi connectivity index (χ1n) is 7.05. The molecule has 20 heavy (non-hydrogen) atoms. The number of carbonyl (C=O) groups is 2. The summed E-state index contributed by atoms with van der Waals surface area (Å²) < 4.78 is 5.37. The molecule has 0 bridgehead atoms. The minimum atomic E-state index is -0.901. The normalized spacial score (nSPS) is 28.0. The van der Waals surface area contributed by atoms with Crippen molar-refractivity contribution in [1.82, 2.24) is 10.2 Å². The molecule has 0 spiro atoms. The van der Waals surface area contributed by atoms with E-state index < -0.39 is 12.1 Å². The summed E-state index contributed by atoms with van der Waals surface area (Å²) in [7, 11) is 0. The number of morpholine rings is 1. The minimum absolute atomic E-state index is 0.0653. The number of carboxylic acid groups (broad SMARTS) is 1. The number of nitrogens with one attached hydrogen (secondary N) is 1. The molecule has 2 rings (SSSR count). The molecule has 0 aromatic carbocycles. The molecule has 6 heteroatoms. The van der Waals surface area contributed by atoms with E-state index in [4.69, 9.17) is 9.84 Å². The molecule has 114 valence electrons. The van der Waals surface area contributed by atoms with Crippen LogP contribution in [0.1, 0.15) is 34.1 Å². The van der Waals surface area contributed by atoms with Gasteiger partial charge in [-0.3, -0.25) is 4.79 Å². The maximum Gasteiger partial charge on any atom is 0.317 e. The van der Waals surface area contributed by atoms with Gasteiger partial charge < -0.3 is 20.1 Å². The highest BCUT2D eigenvalue weighted by Gasteiger charge is 2.65. The molecule has 1 saturated carbocycles. The van der Waals surface area contributed by atoms with Crippen molar-refractivity contribution in [2.75, 3.05) is 19.7 Å². The standard InChI is InChI=1S/C14H24N2O4/c1-13(2)11(14(13,3)4)15-12(19)16-5-6-20-9(8-16)7-10(17)18/h9,11H,5-8H2,1-4H3,(H,15,19)(H,17,18). The average molecular weight is 284 g/mol. The number of rotatable bonds is 3. The fraction of sp³-hybridized carbons (Fsp3) is 0.857. The summed E-state index contributed by atoms with van der Waals surface area (Å²) in [6.07, 6.45) is -0.475. The lowest BCUT2D eigenvalue weighted by atomic mass is 10.0. The van der Waals surface area contributed by atoms with E-state index in [0.717, 1.165) is 0 Å². The molecule has 6 nitrogen and oxygen atoms in total. The Morgan fingerprint density at radius 2 is 1.90 bits per heavy atom. The van der Waals surface area contributed by atoms with Crippen LogP contribution in [0.5, 0.6) is 0 Å². The van der Waals surface area contributed by atoms with Gasteiger partial charge in [-0.1, -0.05) is 27.7 Å². The zero-order valence-corrected chi connectivity index (χ0v) is 12.6. The highest BCUT2D eigenvalue weighted by Crippen LogP contribution is 2.62. The molecule has 1 atom stereocenters. The van der Waals surface area contributed by atoms with Crippen LogP contribution < -0.4 is 5.32 Å². The number of carbonyl (C=O) groups excluding carboxylic acids is 1. The van der Waals surface area contributed by atoms with Crippen molar-refractivity contribution in [2.45, 2.75) is 46.3 Å². The summed E-state index contributed by atoms with van der Waals surface area (Å²) in [4.78, 5) is 24.6. The first kappa shape index (κ1) is 15.1. The molecule has 1 saturated heterocycles. The van der Waals surface area contributed by atoms with Gasteiger partial charge in [0.2, 0.25) is 0 Å². The van der Waals surface area contributed by atoms with Gasteiger partial charge in [0.1, 0.15) is 0 Å². The van der Waals surface area contributed by atoms with Gasteiger partial charge >= 0.3 is 12.0 Å². The van der Waals surface area contributed by atoms with E-state index in [-0.39, 0.29) is 29.3 Å². The van der Waals surface area contributed by atoms with E-state index >= 15 is 0 Å². The SMILES string of the molecule is CC1(C)C(NC(=O)N2CCOC(CC(=O)O)C2)C1(C)C. The van der Waals surface area contributed by atoms with Crippen molar-refractivity contribution in [3.63, 3.8) is 0 Å². The second-order valence-electron chi connectivity index (χ2n) is 6.86. The highest BCUT2D eigenvalue weighted by molar-refractivity contribution is 5.76. The number of ether oxygens (including phenoxy) is 1. The summed E-state index contributed by atoms with van der Waals surface area (Å²) in [6.45, 7) is 9.81. The molecule has 1 aliphatic carbocycles. The first-order valence-corrected chi connectivity index (χ1v) is 7.05. The smallest absolute Gasteiger partial charge is 0.317 e. The summed E-state index contributed by atoms with van der Waals surface area (Å²) >= 11 is 0. The van der Waals surface area contributed by atoms with Gasteiger partial charge in [0.05, 0.1) is 19.1 Å². The van der Waals surface area contributed by atoms with Crippen molar-refractivity contribution >= 4 is 12.0 Å². The molecule has 2 N–H and O–H groups in total. The predicted octanol–water partition coefficient (Wildman–Crippen LogP) is 1.31.